The average molecular weight is 194 g/mol. The van der Waals surface area contributed by atoms with Crippen molar-refractivity contribution < 1.29 is 0 Å². The molecule has 0 aliphatic carbocycles. The number of rotatable bonds is 5. The molecule has 0 saturated carbocycles. The summed E-state index contributed by atoms with van der Waals surface area (Å²) in [5, 5.41) is 3.28. The van der Waals surface area contributed by atoms with Gasteiger partial charge in [-0.3, -0.25) is 0 Å². The summed E-state index contributed by atoms with van der Waals surface area (Å²) >= 11 is 3.57. The Kier molecular flexibility index (Phi) is 6.88. The molecule has 1 unspecified atom stereocenters. The maximum Gasteiger partial charge on any atom is 0.0155 e. The SMILES string of the molecule is CCNCCC(Br)CC. The van der Waals surface area contributed by atoms with E-state index in [2.05, 4.69) is 35.1 Å². The molecule has 2 heteroatoms. The average Bonchev–Trinajstić information content (AvgIpc) is 1.89. The second-order valence-electron chi connectivity index (χ2n) is 2.15. The lowest BCUT2D eigenvalue weighted by Crippen LogP contribution is -2.16. The van der Waals surface area contributed by atoms with Crippen LogP contribution in [0.4, 0.5) is 0 Å². The van der Waals surface area contributed by atoms with Gasteiger partial charge in [0.25, 0.3) is 0 Å². The molecule has 1 N–H and O–H groups in total. The predicted molar refractivity (Wildman–Crippen MR) is 46.2 cm³/mol. The number of nitrogens with one attached hydrogen (secondary N) is 1. The smallest absolute Gasteiger partial charge is 0.0155 e. The lowest BCUT2D eigenvalue weighted by atomic mass is 10.2. The van der Waals surface area contributed by atoms with Crippen molar-refractivity contribution in [3.05, 3.63) is 0 Å². The van der Waals surface area contributed by atoms with Gasteiger partial charge in [0.15, 0.2) is 0 Å². The molecule has 0 bridgehead atoms. The van der Waals surface area contributed by atoms with Crippen LogP contribution in [0.25, 0.3) is 0 Å². The molecule has 56 valence electrons. The molecular weight excluding hydrogens is 178 g/mol. The Morgan fingerprint density at radius 2 is 2.11 bits per heavy atom. The van der Waals surface area contributed by atoms with Crippen LogP contribution < -0.4 is 5.32 Å². The molecule has 0 fully saturated rings. The number of halogens is 1. The fourth-order valence-electron chi connectivity index (χ4n) is 0.640. The molecule has 0 aromatic heterocycles. The van der Waals surface area contributed by atoms with E-state index in [1.165, 1.54) is 12.8 Å². The van der Waals surface area contributed by atoms with E-state index in [9.17, 15) is 0 Å². The van der Waals surface area contributed by atoms with Crippen LogP contribution in [0.2, 0.25) is 0 Å². The molecule has 1 nitrogen and oxygen atoms in total. The monoisotopic (exact) mass is 193 g/mol. The predicted octanol–water partition coefficient (Wildman–Crippen LogP) is 2.16. The van der Waals surface area contributed by atoms with Crippen molar-refractivity contribution in [1.82, 2.24) is 5.32 Å². The maximum absolute atomic E-state index is 3.57. The highest BCUT2D eigenvalue weighted by Gasteiger charge is 1.97. The van der Waals surface area contributed by atoms with Gasteiger partial charge in [-0.25, -0.2) is 0 Å². The Bertz CT molecular complexity index is 56.9. The van der Waals surface area contributed by atoms with Crippen molar-refractivity contribution >= 4 is 15.9 Å². The standard InChI is InChI=1S/C7H16BrN/c1-3-7(8)5-6-9-4-2/h7,9H,3-6H2,1-2H3. The van der Waals surface area contributed by atoms with E-state index in [4.69, 9.17) is 0 Å². The zero-order valence-electron chi connectivity index (χ0n) is 6.28. The summed E-state index contributed by atoms with van der Waals surface area (Å²) in [4.78, 5) is 0.705. The molecule has 0 radical (unpaired) electrons. The van der Waals surface area contributed by atoms with Gasteiger partial charge >= 0.3 is 0 Å². The van der Waals surface area contributed by atoms with Crippen molar-refractivity contribution in [3.63, 3.8) is 0 Å². The quantitative estimate of drug-likeness (QED) is 0.522. The third-order valence-electron chi connectivity index (χ3n) is 1.33. The summed E-state index contributed by atoms with van der Waals surface area (Å²) in [5.74, 6) is 0. The topological polar surface area (TPSA) is 12.0 Å². The maximum atomic E-state index is 3.57. The molecule has 9 heavy (non-hydrogen) atoms. The van der Waals surface area contributed by atoms with E-state index in [1.54, 1.807) is 0 Å². The molecule has 0 heterocycles. The highest BCUT2D eigenvalue weighted by molar-refractivity contribution is 9.09. The van der Waals surface area contributed by atoms with Crippen LogP contribution in [-0.4, -0.2) is 17.9 Å². The van der Waals surface area contributed by atoms with Crippen molar-refractivity contribution in [2.45, 2.75) is 31.5 Å². The number of hydrogen-bond donors (Lipinski definition) is 1. The van der Waals surface area contributed by atoms with E-state index in [1.807, 2.05) is 0 Å². The van der Waals surface area contributed by atoms with Gasteiger partial charge in [0, 0.05) is 4.83 Å². The molecule has 0 aliphatic heterocycles. The zero-order valence-corrected chi connectivity index (χ0v) is 7.87. The van der Waals surface area contributed by atoms with E-state index >= 15 is 0 Å². The van der Waals surface area contributed by atoms with Crippen LogP contribution in [0, 0.1) is 0 Å². The Labute approximate surface area is 66.3 Å². The van der Waals surface area contributed by atoms with Crippen LogP contribution in [0.3, 0.4) is 0 Å². The molecular formula is C7H16BrN. The van der Waals surface area contributed by atoms with E-state index in [0.29, 0.717) is 4.83 Å². The molecule has 0 aromatic carbocycles. The number of alkyl halides is 1. The minimum absolute atomic E-state index is 0.705. The molecule has 1 atom stereocenters. The summed E-state index contributed by atoms with van der Waals surface area (Å²) in [6.07, 6.45) is 2.47. The largest absolute Gasteiger partial charge is 0.317 e. The fraction of sp³-hybridized carbons (Fsp3) is 1.00. The summed E-state index contributed by atoms with van der Waals surface area (Å²) in [6.45, 7) is 6.56. The number of hydrogen-bond acceptors (Lipinski definition) is 1. The summed E-state index contributed by atoms with van der Waals surface area (Å²) in [7, 11) is 0. The molecule has 0 amide bonds. The lowest BCUT2D eigenvalue weighted by molar-refractivity contribution is 0.649. The van der Waals surface area contributed by atoms with Gasteiger partial charge in [0.2, 0.25) is 0 Å². The Hall–Kier alpha value is 0.440. The second kappa shape index (κ2) is 6.56. The summed E-state index contributed by atoms with van der Waals surface area (Å²) in [5.41, 5.74) is 0. The van der Waals surface area contributed by atoms with Crippen LogP contribution in [-0.2, 0) is 0 Å². The minimum atomic E-state index is 0.705. The summed E-state index contributed by atoms with van der Waals surface area (Å²) < 4.78 is 0. The first-order valence-electron chi connectivity index (χ1n) is 3.66. The lowest BCUT2D eigenvalue weighted by Gasteiger charge is -2.05. The third-order valence-corrected chi connectivity index (χ3v) is 2.43. The molecule has 0 spiro atoms. The van der Waals surface area contributed by atoms with E-state index in [-0.39, 0.29) is 0 Å². The van der Waals surface area contributed by atoms with Gasteiger partial charge in [0.05, 0.1) is 0 Å². The first-order chi connectivity index (χ1) is 4.31. The van der Waals surface area contributed by atoms with Crippen molar-refractivity contribution in [2.24, 2.45) is 0 Å². The van der Waals surface area contributed by atoms with Gasteiger partial charge < -0.3 is 5.32 Å². The third kappa shape index (κ3) is 6.32. The van der Waals surface area contributed by atoms with Crippen molar-refractivity contribution in [3.8, 4) is 0 Å². The minimum Gasteiger partial charge on any atom is -0.317 e. The van der Waals surface area contributed by atoms with Crippen LogP contribution >= 0.6 is 15.9 Å². The van der Waals surface area contributed by atoms with Crippen LogP contribution in [0.5, 0.6) is 0 Å². The highest BCUT2D eigenvalue weighted by Crippen LogP contribution is 2.07. The molecule has 0 rings (SSSR count). The van der Waals surface area contributed by atoms with E-state index in [0.717, 1.165) is 13.1 Å². The summed E-state index contributed by atoms with van der Waals surface area (Å²) in [6, 6.07) is 0. The Morgan fingerprint density at radius 3 is 2.56 bits per heavy atom. The molecule has 0 aromatic rings. The van der Waals surface area contributed by atoms with E-state index < -0.39 is 0 Å². The molecule has 0 aliphatic rings. The van der Waals surface area contributed by atoms with Crippen LogP contribution in [0.1, 0.15) is 26.7 Å². The normalized spacial score (nSPS) is 13.7. The zero-order chi connectivity index (χ0) is 7.11. The van der Waals surface area contributed by atoms with Crippen LogP contribution in [0.15, 0.2) is 0 Å². The molecule has 0 saturated heterocycles. The van der Waals surface area contributed by atoms with Gasteiger partial charge in [-0.05, 0) is 25.9 Å². The fourth-order valence-corrected chi connectivity index (χ4v) is 0.868. The first kappa shape index (κ1) is 9.44. The van der Waals surface area contributed by atoms with Crippen molar-refractivity contribution in [1.29, 1.82) is 0 Å². The van der Waals surface area contributed by atoms with Gasteiger partial charge in [0.1, 0.15) is 0 Å². The van der Waals surface area contributed by atoms with Gasteiger partial charge in [-0.2, -0.15) is 0 Å². The highest BCUT2D eigenvalue weighted by atomic mass is 79.9. The van der Waals surface area contributed by atoms with Gasteiger partial charge in [-0.15, -0.1) is 0 Å². The Morgan fingerprint density at radius 1 is 1.44 bits per heavy atom. The second-order valence-corrected chi connectivity index (χ2v) is 3.44. The van der Waals surface area contributed by atoms with Crippen molar-refractivity contribution in [2.75, 3.05) is 13.1 Å². The first-order valence-corrected chi connectivity index (χ1v) is 4.57. The Balaban J connectivity index is 2.88. The van der Waals surface area contributed by atoms with Gasteiger partial charge in [-0.1, -0.05) is 29.8 Å².